The monoisotopic (exact) mass is 245 g/mol. The van der Waals surface area contributed by atoms with Gasteiger partial charge < -0.3 is 9.90 Å². The summed E-state index contributed by atoms with van der Waals surface area (Å²) in [5.74, 6) is -0.920. The Morgan fingerprint density at radius 3 is 2.18 bits per heavy atom. The Labute approximate surface area is 81.1 Å². The molecular weight excluding hydrogens is 229 g/mol. The molecule has 0 aliphatic carbocycles. The molecule has 0 unspecified atom stereocenters. The fraction of sp³-hybridized carbons (Fsp3) is 0.875. The third kappa shape index (κ3) is 13.1. The van der Waals surface area contributed by atoms with Crippen molar-refractivity contribution in [3.05, 3.63) is 0 Å². The van der Waals surface area contributed by atoms with Gasteiger partial charge in [-0.25, -0.2) is 0 Å². The molecule has 0 spiro atoms. The maximum Gasteiger partial charge on any atom is 3.00 e. The minimum absolute atomic E-state index is 0. The van der Waals surface area contributed by atoms with Crippen molar-refractivity contribution in [1.29, 1.82) is 0 Å². The van der Waals surface area contributed by atoms with E-state index in [1.165, 1.54) is 12.8 Å². The molecule has 65 valence electrons. The molecule has 0 rings (SSSR count). The zero-order valence-corrected chi connectivity index (χ0v) is 8.65. The number of aliphatic carboxylic acids is 1. The summed E-state index contributed by atoms with van der Waals surface area (Å²) in [5.41, 5.74) is 0. The van der Waals surface area contributed by atoms with Crippen molar-refractivity contribution in [2.75, 3.05) is 0 Å². The molecule has 0 aromatic carbocycles. The van der Waals surface area contributed by atoms with Crippen LogP contribution in [0.2, 0.25) is 0 Å². The van der Waals surface area contributed by atoms with Crippen molar-refractivity contribution in [3.8, 4) is 0 Å². The Kier molecular flexibility index (Phi) is 12.5. The molecule has 0 amide bonds. The fourth-order valence-electron chi connectivity index (χ4n) is 0.873. The molecule has 2 nitrogen and oxygen atoms in total. The molecule has 0 fully saturated rings. The molecule has 0 aromatic rings. The van der Waals surface area contributed by atoms with Crippen LogP contribution in [0.15, 0.2) is 0 Å². The second kappa shape index (κ2) is 10.1. The van der Waals surface area contributed by atoms with Gasteiger partial charge in [-0.1, -0.05) is 32.6 Å². The predicted octanol–water partition coefficient (Wildman–Crippen LogP) is 1.09. The van der Waals surface area contributed by atoms with Gasteiger partial charge in [-0.2, -0.15) is 0 Å². The van der Waals surface area contributed by atoms with Crippen molar-refractivity contribution >= 4 is 5.97 Å². The third-order valence-corrected chi connectivity index (χ3v) is 1.48. The summed E-state index contributed by atoms with van der Waals surface area (Å²) < 4.78 is 0. The molecular formula is C8H15O2Ru+2. The molecule has 0 aliphatic heterocycles. The number of carboxylic acid groups (broad SMARTS) is 1. The van der Waals surface area contributed by atoms with Crippen LogP contribution in [0, 0.1) is 0 Å². The van der Waals surface area contributed by atoms with E-state index < -0.39 is 5.97 Å². The number of carbonyl (C=O) groups excluding carboxylic acids is 1. The number of hydrogen-bond donors (Lipinski definition) is 0. The van der Waals surface area contributed by atoms with Gasteiger partial charge in [-0.3, -0.25) is 0 Å². The first-order chi connectivity index (χ1) is 4.77. The van der Waals surface area contributed by atoms with E-state index in [9.17, 15) is 9.90 Å². The van der Waals surface area contributed by atoms with Crippen LogP contribution in [-0.2, 0) is 24.3 Å². The van der Waals surface area contributed by atoms with Crippen LogP contribution >= 0.6 is 0 Å². The van der Waals surface area contributed by atoms with Gasteiger partial charge in [0.25, 0.3) is 0 Å². The average Bonchev–Trinajstić information content (AvgIpc) is 1.87. The Hall–Kier alpha value is 0.0934. The van der Waals surface area contributed by atoms with E-state index in [0.29, 0.717) is 0 Å². The molecule has 11 heavy (non-hydrogen) atoms. The number of rotatable bonds is 6. The number of carbonyl (C=O) groups is 1. The van der Waals surface area contributed by atoms with Gasteiger partial charge in [0.05, 0.1) is 0 Å². The van der Waals surface area contributed by atoms with E-state index in [-0.39, 0.29) is 25.9 Å². The van der Waals surface area contributed by atoms with Crippen molar-refractivity contribution < 1.29 is 29.4 Å². The van der Waals surface area contributed by atoms with Crippen molar-refractivity contribution in [2.24, 2.45) is 0 Å². The standard InChI is InChI=1S/C8H16O2.Ru/c1-2-3-4-5-6-7-8(9)10;/h2-7H2,1H3,(H,9,10);/q;+3/p-1. The van der Waals surface area contributed by atoms with Crippen molar-refractivity contribution in [2.45, 2.75) is 45.4 Å². The maximum atomic E-state index is 9.92. The molecule has 0 saturated carbocycles. The topological polar surface area (TPSA) is 40.1 Å². The molecule has 0 bridgehead atoms. The van der Waals surface area contributed by atoms with Crippen LogP contribution in [-0.4, -0.2) is 5.97 Å². The molecule has 0 aromatic heterocycles. The first-order valence-corrected chi connectivity index (χ1v) is 3.97. The third-order valence-electron chi connectivity index (χ3n) is 1.48. The van der Waals surface area contributed by atoms with Gasteiger partial charge in [-0.05, 0) is 12.8 Å². The summed E-state index contributed by atoms with van der Waals surface area (Å²) >= 11 is 0. The van der Waals surface area contributed by atoms with Crippen LogP contribution in [0.4, 0.5) is 0 Å². The summed E-state index contributed by atoms with van der Waals surface area (Å²) in [6.45, 7) is 2.14. The minimum Gasteiger partial charge on any atom is -0.550 e. The zero-order chi connectivity index (χ0) is 7.82. The summed E-state index contributed by atoms with van der Waals surface area (Å²) in [5, 5.41) is 9.92. The number of carboxylic acids is 1. The van der Waals surface area contributed by atoms with Gasteiger partial charge in [0, 0.05) is 5.97 Å². The quantitative estimate of drug-likeness (QED) is 0.518. The molecule has 0 aliphatic rings. The van der Waals surface area contributed by atoms with Crippen LogP contribution in [0.5, 0.6) is 0 Å². The van der Waals surface area contributed by atoms with E-state index in [4.69, 9.17) is 0 Å². The van der Waals surface area contributed by atoms with Gasteiger partial charge in [0.1, 0.15) is 0 Å². The van der Waals surface area contributed by atoms with E-state index >= 15 is 0 Å². The van der Waals surface area contributed by atoms with Crippen LogP contribution in [0.3, 0.4) is 0 Å². The van der Waals surface area contributed by atoms with E-state index in [2.05, 4.69) is 6.92 Å². The summed E-state index contributed by atoms with van der Waals surface area (Å²) in [6, 6.07) is 0. The maximum absolute atomic E-state index is 9.92. The van der Waals surface area contributed by atoms with Crippen LogP contribution < -0.4 is 5.11 Å². The van der Waals surface area contributed by atoms with E-state index in [1.807, 2.05) is 0 Å². The van der Waals surface area contributed by atoms with E-state index in [0.717, 1.165) is 19.3 Å². The Balaban J connectivity index is 0. The molecule has 0 heterocycles. The Bertz CT molecular complexity index is 94.1. The molecule has 3 heteroatoms. The van der Waals surface area contributed by atoms with Crippen molar-refractivity contribution in [3.63, 3.8) is 0 Å². The normalized spacial score (nSPS) is 8.82. The van der Waals surface area contributed by atoms with Gasteiger partial charge in [0.2, 0.25) is 0 Å². The smallest absolute Gasteiger partial charge is 0.550 e. The average molecular weight is 244 g/mol. The summed E-state index contributed by atoms with van der Waals surface area (Å²) in [6.07, 6.45) is 5.61. The molecule has 0 N–H and O–H groups in total. The molecule has 1 radical (unpaired) electrons. The molecule has 0 saturated heterocycles. The van der Waals surface area contributed by atoms with Crippen LogP contribution in [0.1, 0.15) is 45.4 Å². The Morgan fingerprint density at radius 1 is 1.18 bits per heavy atom. The van der Waals surface area contributed by atoms with Crippen molar-refractivity contribution in [1.82, 2.24) is 0 Å². The first kappa shape index (κ1) is 13.7. The SMILES string of the molecule is CCCCCCCC(=O)[O-].[Ru+3]. The Morgan fingerprint density at radius 2 is 1.73 bits per heavy atom. The predicted molar refractivity (Wildman–Crippen MR) is 38.4 cm³/mol. The number of unbranched alkanes of at least 4 members (excludes halogenated alkanes) is 4. The first-order valence-electron chi connectivity index (χ1n) is 3.97. The largest absolute Gasteiger partial charge is 3.00 e. The second-order valence-electron chi connectivity index (χ2n) is 2.54. The fourth-order valence-corrected chi connectivity index (χ4v) is 0.873. The minimum atomic E-state index is -0.920. The van der Waals surface area contributed by atoms with Gasteiger partial charge >= 0.3 is 19.5 Å². The van der Waals surface area contributed by atoms with E-state index in [1.54, 1.807) is 0 Å². The van der Waals surface area contributed by atoms with Crippen LogP contribution in [0.25, 0.3) is 0 Å². The number of hydrogen-bond acceptors (Lipinski definition) is 2. The second-order valence-corrected chi connectivity index (χ2v) is 2.54. The van der Waals surface area contributed by atoms with Gasteiger partial charge in [0.15, 0.2) is 0 Å². The molecule has 0 atom stereocenters. The summed E-state index contributed by atoms with van der Waals surface area (Å²) in [4.78, 5) is 9.92. The van der Waals surface area contributed by atoms with Gasteiger partial charge in [-0.15, -0.1) is 0 Å². The zero-order valence-electron chi connectivity index (χ0n) is 6.91. The summed E-state index contributed by atoms with van der Waals surface area (Å²) in [7, 11) is 0.